The Morgan fingerprint density at radius 2 is 1.57 bits per heavy atom. The number of carbonyl (C=O) groups excluding carboxylic acids is 2. The van der Waals surface area contributed by atoms with Crippen LogP contribution in [0.3, 0.4) is 0 Å². The molecule has 0 unspecified atom stereocenters. The van der Waals surface area contributed by atoms with Crippen molar-refractivity contribution in [1.29, 1.82) is 0 Å². The van der Waals surface area contributed by atoms with Crippen molar-refractivity contribution in [1.82, 2.24) is 5.32 Å². The topological polar surface area (TPSA) is 58.2 Å². The number of rotatable bonds is 5. The highest BCUT2D eigenvalue weighted by atomic mass is 16.2. The number of amides is 2. The molecule has 2 rings (SSSR count). The zero-order chi connectivity index (χ0) is 16.9. The molecule has 23 heavy (non-hydrogen) atoms. The van der Waals surface area contributed by atoms with Crippen LogP contribution in [0.15, 0.2) is 54.6 Å². The minimum atomic E-state index is -0.988. The molecule has 2 aromatic carbocycles. The second-order valence-electron chi connectivity index (χ2n) is 6.16. The van der Waals surface area contributed by atoms with Crippen LogP contribution in [0.25, 0.3) is 0 Å². The molecular formula is C19H22N2O2. The Hall–Kier alpha value is -2.62. The van der Waals surface area contributed by atoms with Crippen molar-refractivity contribution in [2.45, 2.75) is 32.7 Å². The molecule has 0 fully saturated rings. The van der Waals surface area contributed by atoms with Crippen LogP contribution < -0.4 is 10.6 Å². The van der Waals surface area contributed by atoms with Crippen molar-refractivity contribution in [3.8, 4) is 0 Å². The summed E-state index contributed by atoms with van der Waals surface area (Å²) in [5.41, 5.74) is 1.79. The standard InChI is InChI=1S/C19H22N2O2/c1-14-9-11-15(12-10-14)13-17(22)21-19(2,3)18(23)20-16-7-5-4-6-8-16/h4-12H,13H2,1-3H3,(H,20,23)(H,21,22). The normalized spacial score (nSPS) is 10.9. The summed E-state index contributed by atoms with van der Waals surface area (Å²) in [6.07, 6.45) is 0.252. The Balaban J connectivity index is 1.95. The smallest absolute Gasteiger partial charge is 0.249 e. The number of hydrogen-bond acceptors (Lipinski definition) is 2. The predicted molar refractivity (Wildman–Crippen MR) is 92.2 cm³/mol. The third kappa shape index (κ3) is 4.95. The van der Waals surface area contributed by atoms with Crippen molar-refractivity contribution < 1.29 is 9.59 Å². The highest BCUT2D eigenvalue weighted by molar-refractivity contribution is 6.00. The molecule has 2 aromatic rings. The summed E-state index contributed by atoms with van der Waals surface area (Å²) in [6, 6.07) is 17.0. The van der Waals surface area contributed by atoms with Crippen molar-refractivity contribution >= 4 is 17.5 Å². The molecule has 0 heterocycles. The van der Waals surface area contributed by atoms with Crippen LogP contribution in [0, 0.1) is 6.92 Å². The van der Waals surface area contributed by atoms with Gasteiger partial charge in [-0.2, -0.15) is 0 Å². The summed E-state index contributed by atoms with van der Waals surface area (Å²) in [4.78, 5) is 24.5. The van der Waals surface area contributed by atoms with Gasteiger partial charge in [0.25, 0.3) is 0 Å². The number of nitrogens with one attached hydrogen (secondary N) is 2. The Kier molecular flexibility index (Phi) is 5.16. The quantitative estimate of drug-likeness (QED) is 0.891. The zero-order valence-corrected chi connectivity index (χ0v) is 13.7. The third-order valence-corrected chi connectivity index (χ3v) is 3.54. The second-order valence-corrected chi connectivity index (χ2v) is 6.16. The summed E-state index contributed by atoms with van der Waals surface area (Å²) in [7, 11) is 0. The monoisotopic (exact) mass is 310 g/mol. The zero-order valence-electron chi connectivity index (χ0n) is 13.7. The number of hydrogen-bond donors (Lipinski definition) is 2. The van der Waals surface area contributed by atoms with Crippen LogP contribution >= 0.6 is 0 Å². The van der Waals surface area contributed by atoms with Gasteiger partial charge in [-0.3, -0.25) is 9.59 Å². The van der Waals surface area contributed by atoms with E-state index in [2.05, 4.69) is 10.6 Å². The number of benzene rings is 2. The number of carbonyl (C=O) groups is 2. The largest absolute Gasteiger partial charge is 0.342 e. The number of para-hydroxylation sites is 1. The summed E-state index contributed by atoms with van der Waals surface area (Å²) >= 11 is 0. The molecule has 0 radical (unpaired) electrons. The molecule has 0 aliphatic rings. The van der Waals surface area contributed by atoms with Crippen molar-refractivity contribution in [2.75, 3.05) is 5.32 Å². The summed E-state index contributed by atoms with van der Waals surface area (Å²) in [5.74, 6) is -0.428. The van der Waals surface area contributed by atoms with Gasteiger partial charge in [0.1, 0.15) is 5.54 Å². The summed E-state index contributed by atoms with van der Waals surface area (Å²) < 4.78 is 0. The molecule has 0 aromatic heterocycles. The molecule has 0 bridgehead atoms. The molecule has 0 saturated heterocycles. The van der Waals surface area contributed by atoms with E-state index in [1.165, 1.54) is 0 Å². The molecule has 4 nitrogen and oxygen atoms in total. The van der Waals surface area contributed by atoms with E-state index in [4.69, 9.17) is 0 Å². The summed E-state index contributed by atoms with van der Waals surface area (Å²) in [5, 5.41) is 5.59. The highest BCUT2D eigenvalue weighted by Gasteiger charge is 2.29. The Bertz CT molecular complexity index is 676. The van der Waals surface area contributed by atoms with E-state index in [-0.39, 0.29) is 18.2 Å². The minimum absolute atomic E-state index is 0.179. The van der Waals surface area contributed by atoms with Crippen molar-refractivity contribution in [3.63, 3.8) is 0 Å². The van der Waals surface area contributed by atoms with E-state index in [0.29, 0.717) is 5.69 Å². The Morgan fingerprint density at radius 3 is 2.17 bits per heavy atom. The maximum absolute atomic E-state index is 12.3. The Morgan fingerprint density at radius 1 is 0.957 bits per heavy atom. The van der Waals surface area contributed by atoms with E-state index in [0.717, 1.165) is 11.1 Å². The molecule has 0 atom stereocenters. The fraction of sp³-hybridized carbons (Fsp3) is 0.263. The summed E-state index contributed by atoms with van der Waals surface area (Å²) in [6.45, 7) is 5.39. The van der Waals surface area contributed by atoms with Crippen LogP contribution in [0.4, 0.5) is 5.69 Å². The average molecular weight is 310 g/mol. The molecule has 0 aliphatic carbocycles. The van der Waals surface area contributed by atoms with Gasteiger partial charge in [0.15, 0.2) is 0 Å². The van der Waals surface area contributed by atoms with Gasteiger partial charge in [-0.15, -0.1) is 0 Å². The maximum Gasteiger partial charge on any atom is 0.249 e. The number of anilines is 1. The first-order valence-electron chi connectivity index (χ1n) is 7.60. The molecule has 0 spiro atoms. The fourth-order valence-corrected chi connectivity index (χ4v) is 2.15. The van der Waals surface area contributed by atoms with Gasteiger partial charge in [0.05, 0.1) is 6.42 Å². The van der Waals surface area contributed by atoms with Gasteiger partial charge in [-0.05, 0) is 38.5 Å². The van der Waals surface area contributed by atoms with Gasteiger partial charge in [-0.1, -0.05) is 48.0 Å². The van der Waals surface area contributed by atoms with Crippen LogP contribution in [0.2, 0.25) is 0 Å². The number of aryl methyl sites for hydroxylation is 1. The van der Waals surface area contributed by atoms with Crippen LogP contribution in [-0.2, 0) is 16.0 Å². The highest BCUT2D eigenvalue weighted by Crippen LogP contribution is 2.11. The van der Waals surface area contributed by atoms with E-state index >= 15 is 0 Å². The first-order valence-corrected chi connectivity index (χ1v) is 7.60. The minimum Gasteiger partial charge on any atom is -0.342 e. The predicted octanol–water partition coefficient (Wildman–Crippen LogP) is 3.07. The van der Waals surface area contributed by atoms with Crippen molar-refractivity contribution in [2.24, 2.45) is 0 Å². The molecule has 0 aliphatic heterocycles. The lowest BCUT2D eigenvalue weighted by Gasteiger charge is -2.25. The van der Waals surface area contributed by atoms with E-state index in [9.17, 15) is 9.59 Å². The second kappa shape index (κ2) is 7.09. The lowest BCUT2D eigenvalue weighted by atomic mass is 10.0. The molecule has 2 amide bonds. The van der Waals surface area contributed by atoms with Gasteiger partial charge in [0, 0.05) is 5.69 Å². The molecular weight excluding hydrogens is 288 g/mol. The molecule has 120 valence electrons. The Labute approximate surface area is 136 Å². The molecule has 2 N–H and O–H groups in total. The van der Waals surface area contributed by atoms with E-state index in [1.54, 1.807) is 13.8 Å². The van der Waals surface area contributed by atoms with Gasteiger partial charge in [0.2, 0.25) is 11.8 Å². The van der Waals surface area contributed by atoms with Crippen molar-refractivity contribution in [3.05, 3.63) is 65.7 Å². The lowest BCUT2D eigenvalue weighted by Crippen LogP contribution is -2.52. The molecule has 0 saturated carbocycles. The van der Waals surface area contributed by atoms with Crippen LogP contribution in [-0.4, -0.2) is 17.4 Å². The third-order valence-electron chi connectivity index (χ3n) is 3.54. The van der Waals surface area contributed by atoms with Crippen LogP contribution in [0.5, 0.6) is 0 Å². The lowest BCUT2D eigenvalue weighted by molar-refractivity contribution is -0.128. The SMILES string of the molecule is Cc1ccc(CC(=O)NC(C)(C)C(=O)Nc2ccccc2)cc1. The first-order chi connectivity index (χ1) is 10.9. The van der Waals surface area contributed by atoms with Gasteiger partial charge >= 0.3 is 0 Å². The average Bonchev–Trinajstić information content (AvgIpc) is 2.50. The fourth-order valence-electron chi connectivity index (χ4n) is 2.15. The maximum atomic E-state index is 12.3. The van der Waals surface area contributed by atoms with Crippen LogP contribution in [0.1, 0.15) is 25.0 Å². The van der Waals surface area contributed by atoms with E-state index in [1.807, 2.05) is 61.5 Å². The van der Waals surface area contributed by atoms with Gasteiger partial charge in [-0.25, -0.2) is 0 Å². The molecule has 4 heteroatoms. The van der Waals surface area contributed by atoms with Gasteiger partial charge < -0.3 is 10.6 Å². The first kappa shape index (κ1) is 16.7. The van der Waals surface area contributed by atoms with E-state index < -0.39 is 5.54 Å².